The zero-order chi connectivity index (χ0) is 23.8. The lowest BCUT2D eigenvalue weighted by molar-refractivity contribution is 0.102. The molecule has 1 heterocycles. The first-order chi connectivity index (χ1) is 15.9. The van der Waals surface area contributed by atoms with E-state index in [1.807, 2.05) is 14.1 Å². The van der Waals surface area contributed by atoms with Gasteiger partial charge in [0.1, 0.15) is 11.6 Å². The fourth-order valence-corrected chi connectivity index (χ4v) is 2.78. The van der Waals surface area contributed by atoms with E-state index < -0.39 is 5.91 Å². The molecular weight excluding hydrogens is 418 g/mol. The monoisotopic (exact) mass is 441 g/mol. The van der Waals surface area contributed by atoms with Crippen LogP contribution in [0.3, 0.4) is 0 Å². The maximum atomic E-state index is 12.9. The molecule has 0 bridgehead atoms. The lowest BCUT2D eigenvalue weighted by Gasteiger charge is -2.13. The molecule has 0 spiro atoms. The first kappa shape index (κ1) is 23.0. The number of hydrazone groups is 1. The fraction of sp³-hybridized carbons (Fsp3) is 0.120. The van der Waals surface area contributed by atoms with E-state index in [1.54, 1.807) is 65.8 Å². The summed E-state index contributed by atoms with van der Waals surface area (Å²) in [6.45, 7) is 0. The number of rotatable bonds is 7. The third-order valence-electron chi connectivity index (χ3n) is 4.50. The van der Waals surface area contributed by atoms with Gasteiger partial charge in [0.25, 0.3) is 11.8 Å². The second-order valence-electron chi connectivity index (χ2n) is 7.11. The summed E-state index contributed by atoms with van der Waals surface area (Å²) in [5, 5.41) is 11.3. The van der Waals surface area contributed by atoms with Crippen molar-refractivity contribution in [2.45, 2.75) is 0 Å². The number of ether oxygens (including phenoxy) is 1. The van der Waals surface area contributed by atoms with Crippen molar-refractivity contribution in [2.24, 2.45) is 5.10 Å². The smallest absolute Gasteiger partial charge is 0.259 e. The average molecular weight is 441 g/mol. The third-order valence-corrected chi connectivity index (χ3v) is 4.50. The number of terminal acetylenes is 1. The van der Waals surface area contributed by atoms with Gasteiger partial charge in [-0.25, -0.2) is 4.98 Å². The molecule has 0 aliphatic heterocycles. The number of methoxy groups -OCH3 is 1. The number of carbonyl (C=O) groups excluding carboxylic acids is 2. The Morgan fingerprint density at radius 3 is 2.42 bits per heavy atom. The molecule has 8 heteroatoms. The van der Waals surface area contributed by atoms with Crippen molar-refractivity contribution in [1.29, 1.82) is 0 Å². The molecule has 3 aromatic rings. The topological polar surface area (TPSA) is 95.9 Å². The number of carbonyl (C=O) groups is 2. The standard InChI is InChI=1S/C25H23N5O3/c1-5-17-8-13-23(26-15-17)29-25(32)21-14-20(33-4)11-12-22(21)28-24(31)19-9-6-18(7-10-19)16-27-30(2)3/h1,6-16H,2-4H3,(H,28,31)(H,26,29,32). The van der Waals surface area contributed by atoms with Gasteiger partial charge >= 0.3 is 0 Å². The van der Waals surface area contributed by atoms with Gasteiger partial charge < -0.3 is 20.4 Å². The van der Waals surface area contributed by atoms with E-state index in [2.05, 4.69) is 26.6 Å². The van der Waals surface area contributed by atoms with Crippen LogP contribution in [0, 0.1) is 12.3 Å². The van der Waals surface area contributed by atoms with Gasteiger partial charge in [0.2, 0.25) is 0 Å². The van der Waals surface area contributed by atoms with Gasteiger partial charge in [-0.15, -0.1) is 6.42 Å². The quantitative estimate of drug-likeness (QED) is 0.333. The molecule has 8 nitrogen and oxygen atoms in total. The number of hydrogen-bond acceptors (Lipinski definition) is 6. The van der Waals surface area contributed by atoms with E-state index >= 15 is 0 Å². The van der Waals surface area contributed by atoms with Crippen LogP contribution in [0.25, 0.3) is 0 Å². The van der Waals surface area contributed by atoms with Gasteiger partial charge in [0, 0.05) is 31.4 Å². The van der Waals surface area contributed by atoms with Gasteiger partial charge in [-0.2, -0.15) is 5.10 Å². The largest absolute Gasteiger partial charge is 0.497 e. The van der Waals surface area contributed by atoms with Gasteiger partial charge in [0.15, 0.2) is 0 Å². The Balaban J connectivity index is 1.80. The predicted octanol–water partition coefficient (Wildman–Crippen LogP) is 3.47. The maximum Gasteiger partial charge on any atom is 0.259 e. The molecular formula is C25H23N5O3. The van der Waals surface area contributed by atoms with Crippen LogP contribution in [0.5, 0.6) is 5.75 Å². The van der Waals surface area contributed by atoms with Crippen LogP contribution in [0.4, 0.5) is 11.5 Å². The van der Waals surface area contributed by atoms with Crippen LogP contribution in [0.15, 0.2) is 65.9 Å². The van der Waals surface area contributed by atoms with E-state index in [0.717, 1.165) is 5.56 Å². The second kappa shape index (κ2) is 10.6. The highest BCUT2D eigenvalue weighted by Crippen LogP contribution is 2.24. The van der Waals surface area contributed by atoms with Gasteiger partial charge in [0.05, 0.1) is 24.6 Å². The zero-order valence-corrected chi connectivity index (χ0v) is 18.5. The van der Waals surface area contributed by atoms with Crippen LogP contribution in [-0.4, -0.2) is 49.2 Å². The number of aromatic nitrogens is 1. The van der Waals surface area contributed by atoms with Crippen LogP contribution in [0.1, 0.15) is 31.8 Å². The van der Waals surface area contributed by atoms with Gasteiger partial charge in [-0.1, -0.05) is 18.1 Å². The van der Waals surface area contributed by atoms with Crippen molar-refractivity contribution < 1.29 is 14.3 Å². The minimum Gasteiger partial charge on any atom is -0.497 e. The highest BCUT2D eigenvalue weighted by Gasteiger charge is 2.16. The van der Waals surface area contributed by atoms with Crippen LogP contribution in [-0.2, 0) is 0 Å². The molecule has 0 atom stereocenters. The minimum atomic E-state index is -0.458. The summed E-state index contributed by atoms with van der Waals surface area (Å²) in [7, 11) is 5.14. The second-order valence-corrected chi connectivity index (χ2v) is 7.11. The molecule has 2 N–H and O–H groups in total. The fourth-order valence-electron chi connectivity index (χ4n) is 2.78. The van der Waals surface area contributed by atoms with Gasteiger partial charge in [-0.05, 0) is 48.0 Å². The summed E-state index contributed by atoms with van der Waals surface area (Å²) in [4.78, 5) is 29.9. The van der Waals surface area contributed by atoms with Crippen LogP contribution in [0.2, 0.25) is 0 Å². The average Bonchev–Trinajstić information content (AvgIpc) is 2.83. The van der Waals surface area contributed by atoms with Crippen LogP contribution >= 0.6 is 0 Å². The van der Waals surface area contributed by atoms with E-state index in [9.17, 15) is 9.59 Å². The number of nitrogens with one attached hydrogen (secondary N) is 2. The van der Waals surface area contributed by atoms with Crippen molar-refractivity contribution in [2.75, 3.05) is 31.8 Å². The Morgan fingerprint density at radius 2 is 1.82 bits per heavy atom. The molecule has 2 aromatic carbocycles. The van der Waals surface area contributed by atoms with Crippen molar-refractivity contribution in [1.82, 2.24) is 9.99 Å². The summed E-state index contributed by atoms with van der Waals surface area (Å²) in [6, 6.07) is 15.0. The molecule has 0 saturated carbocycles. The first-order valence-corrected chi connectivity index (χ1v) is 9.94. The lowest BCUT2D eigenvalue weighted by atomic mass is 10.1. The number of amides is 2. The summed E-state index contributed by atoms with van der Waals surface area (Å²) in [6.07, 6.45) is 8.51. The summed E-state index contributed by atoms with van der Waals surface area (Å²) in [5.74, 6) is 2.45. The molecule has 2 amide bonds. The molecule has 0 aliphatic carbocycles. The molecule has 1 aromatic heterocycles. The van der Waals surface area contributed by atoms with E-state index in [1.165, 1.54) is 13.3 Å². The van der Waals surface area contributed by atoms with E-state index in [-0.39, 0.29) is 11.5 Å². The van der Waals surface area contributed by atoms with Gasteiger partial charge in [-0.3, -0.25) is 9.59 Å². The summed E-state index contributed by atoms with van der Waals surface area (Å²) >= 11 is 0. The maximum absolute atomic E-state index is 12.9. The molecule has 3 rings (SSSR count). The summed E-state index contributed by atoms with van der Waals surface area (Å²) < 4.78 is 5.24. The Labute approximate surface area is 192 Å². The number of nitrogens with zero attached hydrogens (tertiary/aromatic N) is 3. The van der Waals surface area contributed by atoms with Crippen molar-refractivity contribution in [3.8, 4) is 18.1 Å². The highest BCUT2D eigenvalue weighted by atomic mass is 16.5. The predicted molar refractivity (Wildman–Crippen MR) is 129 cm³/mol. The molecule has 0 aliphatic rings. The number of benzene rings is 2. The number of hydrogen-bond donors (Lipinski definition) is 2. The van der Waals surface area contributed by atoms with Crippen molar-refractivity contribution in [3.05, 3.63) is 83.0 Å². The van der Waals surface area contributed by atoms with Crippen molar-refractivity contribution >= 4 is 29.5 Å². The molecule has 33 heavy (non-hydrogen) atoms. The molecule has 166 valence electrons. The Morgan fingerprint density at radius 1 is 1.06 bits per heavy atom. The Hall–Kier alpha value is -4.64. The molecule has 0 radical (unpaired) electrons. The number of anilines is 2. The Kier molecular flexibility index (Phi) is 7.39. The number of pyridine rings is 1. The third kappa shape index (κ3) is 6.18. The van der Waals surface area contributed by atoms with E-state index in [0.29, 0.717) is 28.4 Å². The zero-order valence-electron chi connectivity index (χ0n) is 18.5. The Bertz CT molecular complexity index is 1210. The SMILES string of the molecule is C#Cc1ccc(NC(=O)c2cc(OC)ccc2NC(=O)c2ccc(C=NN(C)C)cc2)nc1. The molecule has 0 saturated heterocycles. The lowest BCUT2D eigenvalue weighted by Crippen LogP contribution is -2.19. The van der Waals surface area contributed by atoms with E-state index in [4.69, 9.17) is 11.2 Å². The summed E-state index contributed by atoms with van der Waals surface area (Å²) in [5.41, 5.74) is 2.44. The van der Waals surface area contributed by atoms with Crippen molar-refractivity contribution in [3.63, 3.8) is 0 Å². The first-order valence-electron chi connectivity index (χ1n) is 9.94. The minimum absolute atomic E-state index is 0.222. The van der Waals surface area contributed by atoms with Crippen LogP contribution < -0.4 is 15.4 Å². The molecule has 0 fully saturated rings. The highest BCUT2D eigenvalue weighted by molar-refractivity contribution is 6.12. The molecule has 0 unspecified atom stereocenters. The normalized spacial score (nSPS) is 10.4.